The molecule has 15 heavy (non-hydrogen) atoms. The monoisotopic (exact) mass is 272 g/mol. The molecule has 0 fully saturated rings. The van der Waals surface area contributed by atoms with Crippen LogP contribution in [0.15, 0.2) is 16.7 Å². The van der Waals surface area contributed by atoms with Crippen molar-refractivity contribution in [3.8, 4) is 0 Å². The number of halogens is 1. The molecule has 1 unspecified atom stereocenters. The molecule has 0 saturated carbocycles. The lowest BCUT2D eigenvalue weighted by Gasteiger charge is -2.22. The fraction of sp³-hybridized carbons (Fsp3) is 0.545. The number of nitrogens with zero attached hydrogens (tertiary/aromatic N) is 1. The summed E-state index contributed by atoms with van der Waals surface area (Å²) in [5.41, 5.74) is 0.418. The summed E-state index contributed by atoms with van der Waals surface area (Å²) in [5.74, 6) is 0.773. The fourth-order valence-electron chi connectivity index (χ4n) is 1.06. The number of aryl methyl sites for hydroxylation is 1. The Hall–Kier alpha value is -0.610. The van der Waals surface area contributed by atoms with Crippen molar-refractivity contribution in [3.63, 3.8) is 0 Å². The zero-order valence-corrected chi connectivity index (χ0v) is 10.9. The van der Waals surface area contributed by atoms with Crippen molar-refractivity contribution >= 4 is 21.7 Å². The predicted octanol–water partition coefficient (Wildman–Crippen LogP) is 2.73. The minimum absolute atomic E-state index is 0.498. The number of aromatic nitrogens is 1. The molecule has 84 valence electrons. The van der Waals surface area contributed by atoms with Gasteiger partial charge in [-0.1, -0.05) is 6.92 Å². The van der Waals surface area contributed by atoms with E-state index in [-0.39, 0.29) is 0 Å². The molecular weight excluding hydrogens is 256 g/mol. The van der Waals surface area contributed by atoms with Crippen molar-refractivity contribution in [3.05, 3.63) is 22.3 Å². The second-order valence-corrected chi connectivity index (χ2v) is 4.90. The number of hydrogen-bond donors (Lipinski definition) is 2. The van der Waals surface area contributed by atoms with E-state index < -0.39 is 5.60 Å². The van der Waals surface area contributed by atoms with E-state index in [1.807, 2.05) is 26.8 Å². The molecule has 1 atom stereocenters. The van der Waals surface area contributed by atoms with Gasteiger partial charge in [0.25, 0.3) is 0 Å². The normalized spacial score (nSPS) is 14.7. The van der Waals surface area contributed by atoms with Gasteiger partial charge < -0.3 is 10.4 Å². The highest BCUT2D eigenvalue weighted by Crippen LogP contribution is 2.21. The lowest BCUT2D eigenvalue weighted by molar-refractivity contribution is 0.0696. The fourth-order valence-corrected chi connectivity index (χ4v) is 1.67. The van der Waals surface area contributed by atoms with E-state index in [9.17, 15) is 5.11 Å². The summed E-state index contributed by atoms with van der Waals surface area (Å²) in [7, 11) is 0. The Morgan fingerprint density at radius 3 is 2.80 bits per heavy atom. The smallest absolute Gasteiger partial charge is 0.140 e. The average Bonchev–Trinajstić information content (AvgIpc) is 2.16. The Labute approximate surface area is 99.1 Å². The first kappa shape index (κ1) is 12.5. The first-order valence-electron chi connectivity index (χ1n) is 5.03. The molecule has 1 heterocycles. The summed E-state index contributed by atoms with van der Waals surface area (Å²) < 4.78 is 0.925. The lowest BCUT2D eigenvalue weighted by atomic mass is 10.0. The molecule has 0 spiro atoms. The number of rotatable bonds is 4. The molecule has 2 N–H and O–H groups in total. The van der Waals surface area contributed by atoms with E-state index in [0.29, 0.717) is 13.0 Å². The summed E-state index contributed by atoms with van der Waals surface area (Å²) in [6, 6.07) is 2.00. The highest BCUT2D eigenvalue weighted by molar-refractivity contribution is 9.10. The van der Waals surface area contributed by atoms with Crippen molar-refractivity contribution < 1.29 is 5.11 Å². The molecule has 0 saturated heterocycles. The second-order valence-electron chi connectivity index (χ2n) is 4.05. The molecule has 0 amide bonds. The van der Waals surface area contributed by atoms with E-state index in [0.717, 1.165) is 15.9 Å². The largest absolute Gasteiger partial charge is 0.388 e. The quantitative estimate of drug-likeness (QED) is 0.886. The maximum atomic E-state index is 9.82. The van der Waals surface area contributed by atoms with Gasteiger partial charge in [0.05, 0.1) is 10.1 Å². The standard InChI is InChI=1S/C11H17BrN2O/c1-4-11(3,15)7-14-10-9(12)5-8(2)6-13-10/h5-6,15H,4,7H2,1-3H3,(H,13,14). The summed E-state index contributed by atoms with van der Waals surface area (Å²) in [5, 5.41) is 12.9. The van der Waals surface area contributed by atoms with E-state index in [2.05, 4.69) is 26.2 Å². The molecule has 0 aliphatic carbocycles. The summed E-state index contributed by atoms with van der Waals surface area (Å²) >= 11 is 3.43. The van der Waals surface area contributed by atoms with Crippen LogP contribution in [-0.4, -0.2) is 22.2 Å². The zero-order valence-electron chi connectivity index (χ0n) is 9.34. The first-order chi connectivity index (χ1) is 6.94. The van der Waals surface area contributed by atoms with Gasteiger partial charge in [0.2, 0.25) is 0 Å². The van der Waals surface area contributed by atoms with Crippen LogP contribution in [0.5, 0.6) is 0 Å². The Morgan fingerprint density at radius 2 is 2.27 bits per heavy atom. The lowest BCUT2D eigenvalue weighted by Crippen LogP contribution is -2.32. The van der Waals surface area contributed by atoms with Gasteiger partial charge in [-0.25, -0.2) is 4.98 Å². The van der Waals surface area contributed by atoms with E-state index >= 15 is 0 Å². The van der Waals surface area contributed by atoms with Crippen molar-refractivity contribution in [1.29, 1.82) is 0 Å². The highest BCUT2D eigenvalue weighted by Gasteiger charge is 2.17. The summed E-state index contributed by atoms with van der Waals surface area (Å²) in [4.78, 5) is 4.25. The van der Waals surface area contributed by atoms with Gasteiger partial charge in [-0.05, 0) is 47.8 Å². The third-order valence-corrected chi connectivity index (χ3v) is 2.98. The Balaban J connectivity index is 2.66. The molecule has 1 aromatic heterocycles. The van der Waals surface area contributed by atoms with Crippen molar-refractivity contribution in [2.24, 2.45) is 0 Å². The Morgan fingerprint density at radius 1 is 1.60 bits per heavy atom. The average molecular weight is 273 g/mol. The number of nitrogens with one attached hydrogen (secondary N) is 1. The Kier molecular flexibility index (Phi) is 4.11. The highest BCUT2D eigenvalue weighted by atomic mass is 79.9. The molecule has 1 rings (SSSR count). The number of anilines is 1. The maximum absolute atomic E-state index is 9.82. The molecule has 0 aromatic carbocycles. The molecule has 0 bridgehead atoms. The van der Waals surface area contributed by atoms with Crippen molar-refractivity contribution in [2.45, 2.75) is 32.8 Å². The number of pyridine rings is 1. The minimum atomic E-state index is -0.688. The molecule has 0 aliphatic heterocycles. The van der Waals surface area contributed by atoms with Gasteiger partial charge >= 0.3 is 0 Å². The number of hydrogen-bond acceptors (Lipinski definition) is 3. The molecule has 0 radical (unpaired) electrons. The molecular formula is C11H17BrN2O. The van der Waals surface area contributed by atoms with Crippen LogP contribution >= 0.6 is 15.9 Å². The van der Waals surface area contributed by atoms with Gasteiger partial charge in [-0.15, -0.1) is 0 Å². The second kappa shape index (κ2) is 4.94. The van der Waals surface area contributed by atoms with Crippen LogP contribution in [0.25, 0.3) is 0 Å². The van der Waals surface area contributed by atoms with E-state index in [1.165, 1.54) is 0 Å². The van der Waals surface area contributed by atoms with Crippen LogP contribution in [-0.2, 0) is 0 Å². The van der Waals surface area contributed by atoms with Gasteiger partial charge in [0, 0.05) is 12.7 Å². The van der Waals surface area contributed by atoms with Gasteiger partial charge in [0.15, 0.2) is 0 Å². The third kappa shape index (κ3) is 3.80. The summed E-state index contributed by atoms with van der Waals surface area (Å²) in [6.07, 6.45) is 2.51. The van der Waals surface area contributed by atoms with E-state index in [1.54, 1.807) is 6.20 Å². The zero-order chi connectivity index (χ0) is 11.5. The van der Waals surface area contributed by atoms with Crippen LogP contribution in [0.3, 0.4) is 0 Å². The van der Waals surface area contributed by atoms with Gasteiger partial charge in [-0.3, -0.25) is 0 Å². The molecule has 1 aromatic rings. The minimum Gasteiger partial charge on any atom is -0.388 e. The molecule has 0 aliphatic rings. The van der Waals surface area contributed by atoms with Crippen molar-refractivity contribution in [1.82, 2.24) is 4.98 Å². The molecule has 3 nitrogen and oxygen atoms in total. The van der Waals surface area contributed by atoms with Crippen LogP contribution in [0, 0.1) is 6.92 Å². The SMILES string of the molecule is CCC(C)(O)CNc1ncc(C)cc1Br. The predicted molar refractivity (Wildman–Crippen MR) is 66.1 cm³/mol. The van der Waals surface area contributed by atoms with Gasteiger partial charge in [0.1, 0.15) is 5.82 Å². The Bertz CT molecular complexity index is 339. The topological polar surface area (TPSA) is 45.1 Å². The number of aliphatic hydroxyl groups is 1. The van der Waals surface area contributed by atoms with E-state index in [4.69, 9.17) is 0 Å². The molecule has 4 heteroatoms. The van der Waals surface area contributed by atoms with Crippen LogP contribution in [0.1, 0.15) is 25.8 Å². The van der Waals surface area contributed by atoms with Crippen LogP contribution in [0.4, 0.5) is 5.82 Å². The van der Waals surface area contributed by atoms with Gasteiger partial charge in [-0.2, -0.15) is 0 Å². The van der Waals surface area contributed by atoms with Crippen LogP contribution in [0.2, 0.25) is 0 Å². The van der Waals surface area contributed by atoms with Crippen LogP contribution < -0.4 is 5.32 Å². The van der Waals surface area contributed by atoms with Crippen molar-refractivity contribution in [2.75, 3.05) is 11.9 Å². The maximum Gasteiger partial charge on any atom is 0.140 e. The third-order valence-electron chi connectivity index (χ3n) is 2.38. The summed E-state index contributed by atoms with van der Waals surface area (Å²) in [6.45, 7) is 6.25. The first-order valence-corrected chi connectivity index (χ1v) is 5.82.